The van der Waals surface area contributed by atoms with Gasteiger partial charge in [-0.3, -0.25) is 14.4 Å². The minimum Gasteiger partial charge on any atom is -0.462 e. The summed E-state index contributed by atoms with van der Waals surface area (Å²) in [4.78, 5) is 38.4. The van der Waals surface area contributed by atoms with Crippen molar-refractivity contribution in [3.8, 4) is 0 Å². The number of hydrogen-bond donors (Lipinski definition) is 0. The zero-order chi connectivity index (χ0) is 57.8. The molecule has 0 aliphatic carbocycles. The van der Waals surface area contributed by atoms with Crippen LogP contribution in [-0.2, 0) is 28.6 Å². The molecule has 0 amide bonds. The highest BCUT2D eigenvalue weighted by Gasteiger charge is 2.19. The van der Waals surface area contributed by atoms with Crippen LogP contribution in [0.25, 0.3) is 0 Å². The SMILES string of the molecule is CC/C=C\C/C=C\C/C=C\C/C=C\C/C=C\CCCC(=O)OCC(COC(=O)CCCCCCCCCCCCCC/C=C\C/C=C\C/C=C\C/C=C\CC)OC(=O)CCCCCCCCCCCCCCCCCCCCCC. The molecular formula is C74H126O6. The Bertz CT molecular complexity index is 1610. The Labute approximate surface area is 495 Å². The predicted octanol–water partition coefficient (Wildman–Crippen LogP) is 23.4. The summed E-state index contributed by atoms with van der Waals surface area (Å²) in [7, 11) is 0. The average molecular weight is 1110 g/mol. The van der Waals surface area contributed by atoms with E-state index in [1.807, 2.05) is 0 Å². The molecule has 0 aliphatic heterocycles. The molecule has 458 valence electrons. The van der Waals surface area contributed by atoms with Gasteiger partial charge in [-0.2, -0.15) is 0 Å². The van der Waals surface area contributed by atoms with E-state index in [0.29, 0.717) is 19.3 Å². The summed E-state index contributed by atoms with van der Waals surface area (Å²) < 4.78 is 16.9. The summed E-state index contributed by atoms with van der Waals surface area (Å²) in [6, 6.07) is 0. The molecule has 0 saturated heterocycles. The predicted molar refractivity (Wildman–Crippen MR) is 348 cm³/mol. The van der Waals surface area contributed by atoms with E-state index in [1.165, 1.54) is 173 Å². The first-order valence-corrected chi connectivity index (χ1v) is 33.9. The third kappa shape index (κ3) is 64.9. The number of hydrogen-bond acceptors (Lipinski definition) is 6. The van der Waals surface area contributed by atoms with Gasteiger partial charge in [0.05, 0.1) is 0 Å². The summed E-state index contributed by atoms with van der Waals surface area (Å²) in [6.07, 6.45) is 92.5. The zero-order valence-electron chi connectivity index (χ0n) is 52.6. The highest BCUT2D eigenvalue weighted by molar-refractivity contribution is 5.71. The van der Waals surface area contributed by atoms with E-state index in [9.17, 15) is 14.4 Å². The molecule has 0 spiro atoms. The number of allylic oxidation sites excluding steroid dienone is 18. The molecule has 0 aromatic rings. The lowest BCUT2D eigenvalue weighted by molar-refractivity contribution is -0.167. The van der Waals surface area contributed by atoms with Crippen molar-refractivity contribution in [3.63, 3.8) is 0 Å². The summed E-state index contributed by atoms with van der Waals surface area (Å²) in [5.74, 6) is -0.943. The van der Waals surface area contributed by atoms with Crippen LogP contribution in [0.4, 0.5) is 0 Å². The van der Waals surface area contributed by atoms with Crippen LogP contribution >= 0.6 is 0 Å². The maximum Gasteiger partial charge on any atom is 0.306 e. The Morgan fingerprint density at radius 3 is 0.812 bits per heavy atom. The van der Waals surface area contributed by atoms with Crippen LogP contribution in [0.15, 0.2) is 109 Å². The first-order chi connectivity index (χ1) is 39.5. The summed E-state index contributed by atoms with van der Waals surface area (Å²) in [5, 5.41) is 0. The van der Waals surface area contributed by atoms with Crippen molar-refractivity contribution in [1.29, 1.82) is 0 Å². The monoisotopic (exact) mass is 1110 g/mol. The third-order valence-electron chi connectivity index (χ3n) is 14.5. The molecule has 0 radical (unpaired) electrons. The maximum absolute atomic E-state index is 12.9. The van der Waals surface area contributed by atoms with E-state index < -0.39 is 6.10 Å². The minimum absolute atomic E-state index is 0.0948. The van der Waals surface area contributed by atoms with E-state index >= 15 is 0 Å². The van der Waals surface area contributed by atoms with Crippen molar-refractivity contribution >= 4 is 17.9 Å². The van der Waals surface area contributed by atoms with E-state index in [2.05, 4.69) is 130 Å². The van der Waals surface area contributed by atoms with E-state index in [1.54, 1.807) is 0 Å². The van der Waals surface area contributed by atoms with E-state index in [4.69, 9.17) is 14.2 Å². The molecule has 0 heterocycles. The van der Waals surface area contributed by atoms with Crippen LogP contribution < -0.4 is 0 Å². The average Bonchev–Trinajstić information content (AvgIpc) is 3.46. The molecule has 0 bridgehead atoms. The number of carbonyl (C=O) groups is 3. The number of unbranched alkanes of at least 4 members (excludes halogenated alkanes) is 32. The number of esters is 3. The Morgan fingerprint density at radius 1 is 0.263 bits per heavy atom. The van der Waals surface area contributed by atoms with Gasteiger partial charge >= 0.3 is 17.9 Å². The molecule has 0 fully saturated rings. The number of ether oxygens (including phenoxy) is 3. The van der Waals surface area contributed by atoms with Gasteiger partial charge in [0, 0.05) is 19.3 Å². The molecule has 0 aliphatic rings. The molecule has 1 unspecified atom stereocenters. The second-order valence-electron chi connectivity index (χ2n) is 22.3. The molecule has 0 aromatic carbocycles. The van der Waals surface area contributed by atoms with E-state index in [0.717, 1.165) is 103 Å². The van der Waals surface area contributed by atoms with Crippen molar-refractivity contribution in [2.24, 2.45) is 0 Å². The third-order valence-corrected chi connectivity index (χ3v) is 14.5. The van der Waals surface area contributed by atoms with Gasteiger partial charge in [-0.15, -0.1) is 0 Å². The highest BCUT2D eigenvalue weighted by atomic mass is 16.6. The molecule has 6 nitrogen and oxygen atoms in total. The molecule has 0 N–H and O–H groups in total. The number of carbonyl (C=O) groups excluding carboxylic acids is 3. The fourth-order valence-corrected chi connectivity index (χ4v) is 9.53. The molecule has 1 atom stereocenters. The summed E-state index contributed by atoms with van der Waals surface area (Å²) >= 11 is 0. The smallest absolute Gasteiger partial charge is 0.306 e. The Hall–Kier alpha value is -3.93. The fraction of sp³-hybridized carbons (Fsp3) is 0.716. The first kappa shape index (κ1) is 76.1. The van der Waals surface area contributed by atoms with Crippen molar-refractivity contribution in [2.45, 2.75) is 329 Å². The van der Waals surface area contributed by atoms with Crippen molar-refractivity contribution in [3.05, 3.63) is 109 Å². The minimum atomic E-state index is -0.803. The van der Waals surface area contributed by atoms with Crippen LogP contribution in [0.3, 0.4) is 0 Å². The quantitative estimate of drug-likeness (QED) is 0.0261. The molecular weight excluding hydrogens is 985 g/mol. The molecule has 80 heavy (non-hydrogen) atoms. The molecule has 6 heteroatoms. The van der Waals surface area contributed by atoms with Crippen LogP contribution in [-0.4, -0.2) is 37.2 Å². The van der Waals surface area contributed by atoms with Gasteiger partial charge in [-0.25, -0.2) is 0 Å². The standard InChI is InChI=1S/C74H126O6/c1-4-7-10-13-16-19-22-25-28-31-33-35-36-37-38-39-41-43-46-49-52-55-58-61-64-67-73(76)79-70-71(69-78-72(75)66-63-60-57-54-51-48-45-42-30-27-24-21-18-15-12-9-6-3)80-74(77)68-65-62-59-56-53-50-47-44-40-34-32-29-26-23-20-17-14-11-8-5-2/h7,9-10,12,16,18-19,21,25,27-28,30,33,35,45,48,54,57,71H,4-6,8,11,13-15,17,20,22-24,26,29,31-32,34,36-44,46-47,49-53,55-56,58-70H2,1-3H3/b10-7-,12-9-,19-16-,21-18-,28-25-,30-27-,35-33-,48-45-,57-54-. The van der Waals surface area contributed by atoms with Crippen molar-refractivity contribution in [1.82, 2.24) is 0 Å². The van der Waals surface area contributed by atoms with Gasteiger partial charge in [-0.05, 0) is 96.3 Å². The summed E-state index contributed by atoms with van der Waals surface area (Å²) in [5.41, 5.74) is 0. The first-order valence-electron chi connectivity index (χ1n) is 33.9. The molecule has 0 rings (SSSR count). The van der Waals surface area contributed by atoms with Gasteiger partial charge in [0.1, 0.15) is 13.2 Å². The van der Waals surface area contributed by atoms with Crippen molar-refractivity contribution < 1.29 is 28.6 Å². The number of rotatable bonds is 61. The lowest BCUT2D eigenvalue weighted by Crippen LogP contribution is -2.30. The van der Waals surface area contributed by atoms with Crippen LogP contribution in [0.1, 0.15) is 323 Å². The maximum atomic E-state index is 12.9. The molecule has 0 saturated carbocycles. The Balaban J connectivity index is 4.39. The Kier molecular flexibility index (Phi) is 64.3. The largest absolute Gasteiger partial charge is 0.462 e. The summed E-state index contributed by atoms with van der Waals surface area (Å²) in [6.45, 7) is 6.41. The second kappa shape index (κ2) is 67.6. The molecule has 0 aromatic heterocycles. The van der Waals surface area contributed by atoms with Gasteiger partial charge in [0.15, 0.2) is 6.10 Å². The second-order valence-corrected chi connectivity index (χ2v) is 22.3. The topological polar surface area (TPSA) is 78.9 Å². The normalized spacial score (nSPS) is 12.8. The van der Waals surface area contributed by atoms with Crippen molar-refractivity contribution in [2.75, 3.05) is 13.2 Å². The fourth-order valence-electron chi connectivity index (χ4n) is 9.53. The van der Waals surface area contributed by atoms with Crippen LogP contribution in [0.5, 0.6) is 0 Å². The Morgan fingerprint density at radius 2 is 0.500 bits per heavy atom. The van der Waals surface area contributed by atoms with E-state index in [-0.39, 0.29) is 37.5 Å². The van der Waals surface area contributed by atoms with Gasteiger partial charge in [-0.1, -0.05) is 316 Å². The highest BCUT2D eigenvalue weighted by Crippen LogP contribution is 2.17. The van der Waals surface area contributed by atoms with Gasteiger partial charge in [0.25, 0.3) is 0 Å². The van der Waals surface area contributed by atoms with Crippen LogP contribution in [0, 0.1) is 0 Å². The van der Waals surface area contributed by atoms with Crippen LogP contribution in [0.2, 0.25) is 0 Å². The zero-order valence-corrected chi connectivity index (χ0v) is 52.6. The lowest BCUT2D eigenvalue weighted by atomic mass is 10.0. The van der Waals surface area contributed by atoms with Gasteiger partial charge < -0.3 is 14.2 Å². The lowest BCUT2D eigenvalue weighted by Gasteiger charge is -2.18. The van der Waals surface area contributed by atoms with Gasteiger partial charge in [0.2, 0.25) is 0 Å².